The van der Waals surface area contributed by atoms with Crippen molar-refractivity contribution < 1.29 is 0 Å². The molecule has 117 heavy (non-hydrogen) atoms. The Labute approximate surface area is 718 Å². The molecule has 0 saturated carbocycles. The summed E-state index contributed by atoms with van der Waals surface area (Å²) in [6.07, 6.45) is 24.2. The lowest BCUT2D eigenvalue weighted by Crippen LogP contribution is -2.62. The highest BCUT2D eigenvalue weighted by Gasteiger charge is 2.48. The molecule has 0 fully saturated rings. The molecule has 2 atom stereocenters. The average Bonchev–Trinajstić information content (AvgIpc) is 0.679. The molecule has 2 unspecified atom stereocenters. The topological polar surface area (TPSA) is 0 Å². The molecule has 0 spiro atoms. The number of hydrogen-bond donors (Lipinski definition) is 0. The van der Waals surface area contributed by atoms with Crippen molar-refractivity contribution in [2.45, 2.75) is 116 Å². The van der Waals surface area contributed by atoms with Crippen LogP contribution in [0.2, 0.25) is 5.82 Å². The zero-order valence-electron chi connectivity index (χ0n) is 68.2. The monoisotopic (exact) mass is 1430 g/mol. The quantitative estimate of drug-likeness (QED) is 0.0601. The fourth-order valence-electron chi connectivity index (χ4n) is 16.4. The van der Waals surface area contributed by atoms with Gasteiger partial charge in [-0.3, -0.25) is 0 Å². The van der Waals surface area contributed by atoms with Gasteiger partial charge in [0.05, 0.1) is 52.9 Å². The third-order valence-corrected chi connectivity index (χ3v) is 21.9. The van der Waals surface area contributed by atoms with E-state index in [-0.39, 0.29) is 22.3 Å². The lowest BCUT2D eigenvalue weighted by Gasteiger charge is -2.50. The van der Waals surface area contributed by atoms with E-state index in [2.05, 4.69) is 288 Å². The van der Waals surface area contributed by atoms with Gasteiger partial charge in [-0.15, -0.1) is 49.0 Å². The molecule has 26 radical (unpaired) electrons. The number of allylic oxidation sites excluding steroid dienone is 1. The molecule has 1 aliphatic rings. The SMILES string of the molecule is [B][B]B([B])B(B([B])[B])C1=C(B(B([B])[B])B([B])[B])C(B([B][B])B([B])[B])C(C)c2c1c([B])c(C)c(C)c2-c1c(C)c(C)c(C)c2c(-c3c(C#CC#CC#CC#CC#C)c4c(C)c(C#C)c(C#CC)c(C#CC#C)c4c4c(C#CC#CC)c(C#CC#CC#C)c(C#CC#CC#CC)c(C#CC#CC#CC#C)c34)c3c(C)c(C)c(C)c(C)c3c(C)c12. The first-order valence-corrected chi connectivity index (χ1v) is 36.9. The van der Waals surface area contributed by atoms with Gasteiger partial charge >= 0.3 is 0 Å². The fraction of sp³-hybridized carbons (Fsp3) is 0.179. The minimum atomic E-state index is -1.23. The van der Waals surface area contributed by atoms with Gasteiger partial charge in [0, 0.05) is 169 Å². The summed E-state index contributed by atoms with van der Waals surface area (Å²) in [5.41, 5.74) is 17.1. The molecule has 0 nitrogen and oxygen atoms in total. The zero-order chi connectivity index (χ0) is 86.1. The first kappa shape index (κ1) is 90.1. The lowest BCUT2D eigenvalue weighted by atomic mass is 8.66. The van der Waals surface area contributed by atoms with Crippen LogP contribution in [0.3, 0.4) is 0 Å². The van der Waals surface area contributed by atoms with Gasteiger partial charge in [0.2, 0.25) is 0 Å². The second-order valence-electron chi connectivity index (χ2n) is 27.8. The predicted octanol–water partition coefficient (Wildman–Crippen LogP) is 6.11. The van der Waals surface area contributed by atoms with Crippen LogP contribution in [0, 0.1) is 327 Å². The summed E-state index contributed by atoms with van der Waals surface area (Å²) < 4.78 is 0. The highest BCUT2D eigenvalue weighted by Crippen LogP contribution is 2.59. The molecule has 22 heteroatoms. The van der Waals surface area contributed by atoms with Crippen LogP contribution in [0.1, 0.15) is 150 Å². The third kappa shape index (κ3) is 17.3. The number of rotatable bonds is 12. The highest BCUT2D eigenvalue weighted by molar-refractivity contribution is 7.89. The van der Waals surface area contributed by atoms with E-state index < -0.39 is 63.1 Å². The second-order valence-corrected chi connectivity index (χ2v) is 27.8. The first-order valence-electron chi connectivity index (χ1n) is 36.9. The summed E-state index contributed by atoms with van der Waals surface area (Å²) >= 11 is 0. The number of benzene rings is 7. The smallest absolute Gasteiger partial charge is 0.115 e. The van der Waals surface area contributed by atoms with Gasteiger partial charge in [-0.25, -0.2) is 0 Å². The predicted molar refractivity (Wildman–Crippen MR) is 523 cm³/mol. The van der Waals surface area contributed by atoms with Crippen LogP contribution in [-0.4, -0.2) is 158 Å². The second kappa shape index (κ2) is 40.2. The summed E-state index contributed by atoms with van der Waals surface area (Å²) in [5.74, 6) is 107. The van der Waals surface area contributed by atoms with E-state index in [0.29, 0.717) is 88.0 Å². The standard InChI is InChI=1S/C95H52B22/c1-21-29-35-39-41-42-45-50-57-77-79-67(18)70(28-8)71(51-27-7)74(52-34-26-6)86(79)87-75(55-46-33-25-5)72(53-47-38-32-24-4)73(54-48-43-37-31-23-3)76(56-49-44-40-36-30-22-2)88(87)89(77)90-80-62(13)59(10)58(9)61(12)78(80)68(19)84-81(63(14)60(11)64(15)83(84)90)82-65(16)66(17)92(96)91-85(82)69(20)93(110(108-97)113(99)100)95(111(114(101)102)115(103)104)94(91)112(116(105)106)117(107)109-98/h1-2,4,6,8,69,93H,3,5,7,9-20H3. The minimum absolute atomic E-state index is 0.205. The molecule has 0 bridgehead atoms. The Morgan fingerprint density at radius 1 is 0.299 bits per heavy atom. The maximum atomic E-state index is 7.85. The molecule has 0 aromatic heterocycles. The molecule has 0 heterocycles. The van der Waals surface area contributed by atoms with Crippen LogP contribution in [0.15, 0.2) is 5.47 Å². The molecule has 1 aliphatic carbocycles. The summed E-state index contributed by atoms with van der Waals surface area (Å²) in [7, 11) is 87.1. The molecular weight excluding hydrogens is 1380 g/mol. The van der Waals surface area contributed by atoms with Gasteiger partial charge in [-0.05, 0) is 362 Å². The molecule has 8 rings (SSSR count). The Kier molecular flexibility index (Phi) is 30.9. The number of hydrogen-bond acceptors (Lipinski definition) is 0. The van der Waals surface area contributed by atoms with E-state index in [9.17, 15) is 0 Å². The highest BCUT2D eigenvalue weighted by atomic mass is 14.4. The van der Waals surface area contributed by atoms with Gasteiger partial charge in [-0.1, -0.05) is 83.0 Å². The molecule has 0 saturated heterocycles. The van der Waals surface area contributed by atoms with Crippen LogP contribution < -0.4 is 5.46 Å². The van der Waals surface area contributed by atoms with Crippen LogP contribution in [0.5, 0.6) is 0 Å². The summed E-state index contributed by atoms with van der Waals surface area (Å²) in [5, 5.41) is 4.94. The Balaban J connectivity index is 2.07. The normalized spacial score (nSPS) is 11.0. The lowest BCUT2D eigenvalue weighted by molar-refractivity contribution is 0.755. The van der Waals surface area contributed by atoms with Gasteiger partial charge in [0.25, 0.3) is 0 Å². The largest absolute Gasteiger partial charge is 0.132 e. The van der Waals surface area contributed by atoms with E-state index in [1.807, 2.05) is 13.8 Å². The number of terminal acetylenes is 5. The van der Waals surface area contributed by atoms with Crippen molar-refractivity contribution in [2.75, 3.05) is 0 Å². The van der Waals surface area contributed by atoms with E-state index in [1.165, 1.54) is 14.1 Å². The fourth-order valence-corrected chi connectivity index (χ4v) is 16.4. The van der Waals surface area contributed by atoms with Crippen molar-refractivity contribution in [3.8, 4) is 273 Å². The van der Waals surface area contributed by atoms with Gasteiger partial charge in [0.1, 0.15) is 7.85 Å². The Bertz CT molecular complexity index is 6980. The number of aryl methyl sites for hydroxylation is 5. The van der Waals surface area contributed by atoms with E-state index in [0.717, 1.165) is 88.3 Å². The molecule has 0 N–H and O–H groups in total. The van der Waals surface area contributed by atoms with Crippen LogP contribution in [-0.2, 0) is 0 Å². The summed E-state index contributed by atoms with van der Waals surface area (Å²) in [6, 6.07) is 0. The summed E-state index contributed by atoms with van der Waals surface area (Å²) in [6.45, 7) is 27.1. The van der Waals surface area contributed by atoms with Gasteiger partial charge < -0.3 is 0 Å². The molecule has 7 aromatic carbocycles. The maximum absolute atomic E-state index is 7.85. The molecule has 0 amide bonds. The first-order chi connectivity index (χ1) is 56.0. The van der Waals surface area contributed by atoms with Crippen molar-refractivity contribution in [2.24, 2.45) is 0 Å². The van der Waals surface area contributed by atoms with Gasteiger partial charge in [0.15, 0.2) is 0 Å². The number of fused-ring (bicyclic) bond motifs is 6. The van der Waals surface area contributed by atoms with Crippen molar-refractivity contribution in [1.29, 1.82) is 0 Å². The van der Waals surface area contributed by atoms with Crippen LogP contribution in [0.25, 0.3) is 70.8 Å². The van der Waals surface area contributed by atoms with E-state index >= 15 is 0 Å². The van der Waals surface area contributed by atoms with Crippen molar-refractivity contribution >= 4 is 213 Å². The van der Waals surface area contributed by atoms with Crippen LogP contribution in [0.4, 0.5) is 0 Å². The van der Waals surface area contributed by atoms with Gasteiger partial charge in [-0.2, -0.15) is 0 Å². The van der Waals surface area contributed by atoms with E-state index in [4.69, 9.17) is 125 Å². The molecule has 7 aromatic rings. The van der Waals surface area contributed by atoms with Crippen LogP contribution >= 0.6 is 0 Å². The molecule has 498 valence electrons. The van der Waals surface area contributed by atoms with Crippen molar-refractivity contribution in [3.05, 3.63) is 122 Å². The zero-order valence-corrected chi connectivity index (χ0v) is 68.2. The Hall–Kier alpha value is -12.5. The van der Waals surface area contributed by atoms with Crippen molar-refractivity contribution in [3.63, 3.8) is 0 Å². The third-order valence-electron chi connectivity index (χ3n) is 21.9. The Morgan fingerprint density at radius 2 is 0.684 bits per heavy atom. The maximum Gasteiger partial charge on any atom is 0.115 e. The minimum Gasteiger partial charge on any atom is -0.132 e. The molecular formula is C95H52B22. The Morgan fingerprint density at radius 3 is 1.15 bits per heavy atom. The summed E-state index contributed by atoms with van der Waals surface area (Å²) in [4.78, 5) is 0. The average molecular weight is 1430 g/mol. The van der Waals surface area contributed by atoms with E-state index in [1.54, 1.807) is 20.8 Å². The van der Waals surface area contributed by atoms with Crippen molar-refractivity contribution in [1.82, 2.24) is 0 Å². The molecule has 0 aliphatic heterocycles.